The molecule has 0 aromatic rings. The van der Waals surface area contributed by atoms with Crippen LogP contribution in [0.1, 0.15) is 20.3 Å². The van der Waals surface area contributed by atoms with Crippen molar-refractivity contribution in [2.24, 2.45) is 11.8 Å². The van der Waals surface area contributed by atoms with E-state index < -0.39 is 0 Å². The Morgan fingerprint density at radius 1 is 1.29 bits per heavy atom. The van der Waals surface area contributed by atoms with E-state index in [1.54, 1.807) is 0 Å². The summed E-state index contributed by atoms with van der Waals surface area (Å²) in [7, 11) is 0. The monoisotopic (exact) mass is 199 g/mol. The van der Waals surface area contributed by atoms with Crippen LogP contribution in [-0.4, -0.2) is 38.5 Å². The summed E-state index contributed by atoms with van der Waals surface area (Å²) < 4.78 is 10.9. The summed E-state index contributed by atoms with van der Waals surface area (Å²) in [5.41, 5.74) is 0. The number of hydrogen-bond acceptors (Lipinski definition) is 3. The van der Waals surface area contributed by atoms with Crippen LogP contribution in [0.25, 0.3) is 0 Å². The normalized spacial score (nSPS) is 43.3. The fraction of sp³-hybridized carbons (Fsp3) is 1.00. The van der Waals surface area contributed by atoms with Crippen LogP contribution in [-0.2, 0) is 9.47 Å². The van der Waals surface area contributed by atoms with Gasteiger partial charge in [0, 0.05) is 12.6 Å². The molecule has 1 aliphatic carbocycles. The Morgan fingerprint density at radius 2 is 2.14 bits per heavy atom. The van der Waals surface area contributed by atoms with Crippen molar-refractivity contribution in [1.29, 1.82) is 0 Å². The molecule has 4 unspecified atom stereocenters. The lowest BCUT2D eigenvalue weighted by molar-refractivity contribution is -0.0890. The molecule has 14 heavy (non-hydrogen) atoms. The highest BCUT2D eigenvalue weighted by Crippen LogP contribution is 2.33. The van der Waals surface area contributed by atoms with Gasteiger partial charge < -0.3 is 14.8 Å². The molecule has 1 aliphatic heterocycles. The van der Waals surface area contributed by atoms with Crippen molar-refractivity contribution < 1.29 is 9.47 Å². The minimum Gasteiger partial charge on any atom is -0.376 e. The standard InChI is InChI=1S/C11H21NO2/c1-8-5-11(9(8)2)12-6-10-7-13-3-4-14-10/h8-12H,3-7H2,1-2H3. The fourth-order valence-corrected chi connectivity index (χ4v) is 2.24. The molecule has 1 N–H and O–H groups in total. The lowest BCUT2D eigenvalue weighted by Crippen LogP contribution is -2.51. The molecule has 0 radical (unpaired) electrons. The highest BCUT2D eigenvalue weighted by atomic mass is 16.6. The Kier molecular flexibility index (Phi) is 3.42. The zero-order valence-corrected chi connectivity index (χ0v) is 9.16. The van der Waals surface area contributed by atoms with Crippen LogP contribution in [0.2, 0.25) is 0 Å². The molecule has 3 heteroatoms. The lowest BCUT2D eigenvalue weighted by Gasteiger charge is -2.42. The Bertz CT molecular complexity index is 175. The topological polar surface area (TPSA) is 30.5 Å². The highest BCUT2D eigenvalue weighted by Gasteiger charge is 2.34. The molecule has 0 bridgehead atoms. The molecule has 0 spiro atoms. The number of hydrogen-bond donors (Lipinski definition) is 1. The molecule has 3 nitrogen and oxygen atoms in total. The fourth-order valence-electron chi connectivity index (χ4n) is 2.24. The van der Waals surface area contributed by atoms with Crippen molar-refractivity contribution in [2.75, 3.05) is 26.4 Å². The van der Waals surface area contributed by atoms with Crippen molar-refractivity contribution >= 4 is 0 Å². The van der Waals surface area contributed by atoms with Crippen molar-refractivity contribution in [2.45, 2.75) is 32.4 Å². The molecule has 0 amide bonds. The van der Waals surface area contributed by atoms with Gasteiger partial charge in [0.1, 0.15) is 0 Å². The van der Waals surface area contributed by atoms with Gasteiger partial charge in [0.2, 0.25) is 0 Å². The number of rotatable bonds is 3. The third-order valence-corrected chi connectivity index (χ3v) is 3.65. The average Bonchev–Trinajstić information content (AvgIpc) is 2.25. The molecule has 2 rings (SSSR count). The Morgan fingerprint density at radius 3 is 2.71 bits per heavy atom. The quantitative estimate of drug-likeness (QED) is 0.736. The first-order valence-electron chi connectivity index (χ1n) is 5.70. The van der Waals surface area contributed by atoms with Crippen LogP contribution in [0.5, 0.6) is 0 Å². The largest absolute Gasteiger partial charge is 0.376 e. The van der Waals surface area contributed by atoms with Gasteiger partial charge >= 0.3 is 0 Å². The van der Waals surface area contributed by atoms with Crippen LogP contribution in [0.4, 0.5) is 0 Å². The van der Waals surface area contributed by atoms with Gasteiger partial charge in [-0.25, -0.2) is 0 Å². The zero-order valence-electron chi connectivity index (χ0n) is 9.16. The lowest BCUT2D eigenvalue weighted by atomic mass is 9.71. The average molecular weight is 199 g/mol. The third-order valence-electron chi connectivity index (χ3n) is 3.65. The van der Waals surface area contributed by atoms with Crippen LogP contribution in [0.3, 0.4) is 0 Å². The van der Waals surface area contributed by atoms with E-state index in [0.717, 1.165) is 38.2 Å². The molecular formula is C11H21NO2. The van der Waals surface area contributed by atoms with Gasteiger partial charge in [-0.05, 0) is 18.3 Å². The SMILES string of the molecule is CC1CC(NCC2COCCO2)C1C. The van der Waals surface area contributed by atoms with E-state index in [9.17, 15) is 0 Å². The van der Waals surface area contributed by atoms with Crippen molar-refractivity contribution in [3.8, 4) is 0 Å². The van der Waals surface area contributed by atoms with Crippen LogP contribution < -0.4 is 5.32 Å². The molecule has 1 saturated heterocycles. The second kappa shape index (κ2) is 4.60. The van der Waals surface area contributed by atoms with Gasteiger partial charge in [0.15, 0.2) is 0 Å². The van der Waals surface area contributed by atoms with E-state index in [4.69, 9.17) is 9.47 Å². The first-order chi connectivity index (χ1) is 6.77. The first-order valence-corrected chi connectivity index (χ1v) is 5.70. The van der Waals surface area contributed by atoms with E-state index in [0.29, 0.717) is 6.04 Å². The predicted molar refractivity (Wildman–Crippen MR) is 55.3 cm³/mol. The Labute approximate surface area is 86.2 Å². The molecule has 82 valence electrons. The van der Waals surface area contributed by atoms with Crippen molar-refractivity contribution in [3.05, 3.63) is 0 Å². The summed E-state index contributed by atoms with van der Waals surface area (Å²) in [6, 6.07) is 0.704. The molecular weight excluding hydrogens is 178 g/mol. The van der Waals surface area contributed by atoms with Gasteiger partial charge in [0.05, 0.1) is 25.9 Å². The molecule has 4 atom stereocenters. The number of nitrogens with one attached hydrogen (secondary N) is 1. The summed E-state index contributed by atoms with van der Waals surface area (Å²) in [5.74, 6) is 1.70. The van der Waals surface area contributed by atoms with Gasteiger partial charge in [-0.1, -0.05) is 13.8 Å². The van der Waals surface area contributed by atoms with Crippen molar-refractivity contribution in [1.82, 2.24) is 5.32 Å². The summed E-state index contributed by atoms with van der Waals surface area (Å²) in [6.07, 6.45) is 1.58. The zero-order chi connectivity index (χ0) is 9.97. The van der Waals surface area contributed by atoms with Crippen LogP contribution >= 0.6 is 0 Å². The Balaban J connectivity index is 1.62. The summed E-state index contributed by atoms with van der Waals surface area (Å²) in [5, 5.41) is 3.56. The van der Waals surface area contributed by atoms with E-state index >= 15 is 0 Å². The van der Waals surface area contributed by atoms with Gasteiger partial charge in [-0.2, -0.15) is 0 Å². The highest BCUT2D eigenvalue weighted by molar-refractivity contribution is 4.89. The minimum absolute atomic E-state index is 0.270. The second-order valence-electron chi connectivity index (χ2n) is 4.65. The molecule has 1 heterocycles. The first kappa shape index (κ1) is 10.4. The van der Waals surface area contributed by atoms with Gasteiger partial charge in [-0.3, -0.25) is 0 Å². The molecule has 2 aliphatic rings. The summed E-state index contributed by atoms with van der Waals surface area (Å²) >= 11 is 0. The van der Waals surface area contributed by atoms with E-state index in [-0.39, 0.29) is 6.10 Å². The van der Waals surface area contributed by atoms with E-state index in [1.165, 1.54) is 6.42 Å². The summed E-state index contributed by atoms with van der Waals surface area (Å²) in [6.45, 7) is 7.86. The minimum atomic E-state index is 0.270. The second-order valence-corrected chi connectivity index (χ2v) is 4.65. The smallest absolute Gasteiger partial charge is 0.0933 e. The maximum atomic E-state index is 5.57. The molecule has 1 saturated carbocycles. The third kappa shape index (κ3) is 2.27. The van der Waals surface area contributed by atoms with E-state index in [2.05, 4.69) is 19.2 Å². The molecule has 0 aromatic heterocycles. The van der Waals surface area contributed by atoms with Crippen molar-refractivity contribution in [3.63, 3.8) is 0 Å². The van der Waals surface area contributed by atoms with E-state index in [1.807, 2.05) is 0 Å². The summed E-state index contributed by atoms with van der Waals surface area (Å²) in [4.78, 5) is 0. The van der Waals surface area contributed by atoms with Crippen LogP contribution in [0.15, 0.2) is 0 Å². The molecule has 2 fully saturated rings. The molecule has 0 aromatic carbocycles. The maximum absolute atomic E-state index is 5.57. The Hall–Kier alpha value is -0.120. The number of ether oxygens (including phenoxy) is 2. The van der Waals surface area contributed by atoms with Crippen LogP contribution in [0, 0.1) is 11.8 Å². The van der Waals surface area contributed by atoms with Gasteiger partial charge in [0.25, 0.3) is 0 Å². The predicted octanol–water partition coefficient (Wildman–Crippen LogP) is 1.04. The van der Waals surface area contributed by atoms with Gasteiger partial charge in [-0.15, -0.1) is 0 Å². The maximum Gasteiger partial charge on any atom is 0.0933 e.